The molecule has 0 spiro atoms. The molecule has 1 aliphatic rings. The van der Waals surface area contributed by atoms with Gasteiger partial charge < -0.3 is 20.1 Å². The first kappa shape index (κ1) is 28.9. The van der Waals surface area contributed by atoms with Crippen LogP contribution in [-0.2, 0) is 16.4 Å². The Morgan fingerprint density at radius 3 is 2.19 bits per heavy atom. The fourth-order valence-corrected chi connectivity index (χ4v) is 6.35. The van der Waals surface area contributed by atoms with Crippen LogP contribution in [0.2, 0.25) is 0 Å². The zero-order valence-electron chi connectivity index (χ0n) is 23.3. The number of aryl methyl sites for hydroxylation is 2. The van der Waals surface area contributed by atoms with Crippen LogP contribution in [0.5, 0.6) is 0 Å². The van der Waals surface area contributed by atoms with Crippen LogP contribution in [0.1, 0.15) is 72.3 Å². The number of amides is 1. The molecule has 2 aromatic rings. The second-order valence-electron chi connectivity index (χ2n) is 10.4. The Morgan fingerprint density at radius 1 is 1.03 bits per heavy atom. The van der Waals surface area contributed by atoms with Gasteiger partial charge >= 0.3 is 0 Å². The summed E-state index contributed by atoms with van der Waals surface area (Å²) in [4.78, 5) is 33.3. The van der Waals surface area contributed by atoms with Gasteiger partial charge in [0.1, 0.15) is 0 Å². The molecule has 1 aromatic carbocycles. The molecule has 1 saturated carbocycles. The van der Waals surface area contributed by atoms with Crippen molar-refractivity contribution < 1.29 is 13.2 Å². The Kier molecular flexibility index (Phi) is 9.23. The van der Waals surface area contributed by atoms with Crippen molar-refractivity contribution in [3.63, 3.8) is 0 Å². The monoisotopic (exact) mass is 530 g/mol. The molecular weight excluding hydrogens is 488 g/mol. The minimum atomic E-state index is -3.54. The van der Waals surface area contributed by atoms with Gasteiger partial charge in [-0.15, -0.1) is 0 Å². The molecule has 1 fully saturated rings. The van der Waals surface area contributed by atoms with Crippen LogP contribution < -0.4 is 15.8 Å². The van der Waals surface area contributed by atoms with Gasteiger partial charge in [-0.1, -0.05) is 6.92 Å². The highest BCUT2D eigenvalue weighted by Crippen LogP contribution is 2.34. The van der Waals surface area contributed by atoms with E-state index < -0.39 is 15.7 Å². The lowest BCUT2D eigenvalue weighted by atomic mass is 9.89. The van der Waals surface area contributed by atoms with E-state index >= 15 is 0 Å². The third-order valence-electron chi connectivity index (χ3n) is 7.74. The Balaban J connectivity index is 1.98. The summed E-state index contributed by atoms with van der Waals surface area (Å²) in [7, 11) is 0.688. The summed E-state index contributed by atoms with van der Waals surface area (Å²) in [6.45, 7) is 9.99. The van der Waals surface area contributed by atoms with Gasteiger partial charge in [0.05, 0.1) is 10.6 Å². The Labute approximate surface area is 221 Å². The van der Waals surface area contributed by atoms with E-state index in [1.165, 1.54) is 6.07 Å². The Bertz CT molecular complexity index is 1290. The van der Waals surface area contributed by atoms with E-state index in [4.69, 9.17) is 0 Å². The average molecular weight is 531 g/mol. The number of nitrogens with one attached hydrogen (secondary N) is 2. The average Bonchev–Trinajstić information content (AvgIpc) is 2.84. The second kappa shape index (κ2) is 11.8. The number of sulfone groups is 1. The maximum atomic E-state index is 13.4. The quantitative estimate of drug-likeness (QED) is 0.512. The number of anilines is 1. The SMILES string of the molecule is CCN(c1cc(S(=O)(=O)CC)cc(C(=O)NCc2c(C)cc(C)[nH]c2=O)c1C)C1CCC(N(C)C)CC1. The van der Waals surface area contributed by atoms with E-state index in [2.05, 4.69) is 41.1 Å². The number of pyridine rings is 1. The zero-order chi connectivity index (χ0) is 27.5. The first-order valence-corrected chi connectivity index (χ1v) is 14.8. The van der Waals surface area contributed by atoms with Crippen LogP contribution in [0.25, 0.3) is 0 Å². The van der Waals surface area contributed by atoms with Crippen molar-refractivity contribution >= 4 is 21.4 Å². The summed E-state index contributed by atoms with van der Waals surface area (Å²) < 4.78 is 25.9. The number of H-pyrrole nitrogens is 1. The van der Waals surface area contributed by atoms with E-state index in [1.807, 2.05) is 26.8 Å². The largest absolute Gasteiger partial charge is 0.369 e. The molecule has 9 heteroatoms. The molecule has 2 N–H and O–H groups in total. The number of aromatic nitrogens is 1. The van der Waals surface area contributed by atoms with Gasteiger partial charge in [0.2, 0.25) is 0 Å². The van der Waals surface area contributed by atoms with E-state index in [0.29, 0.717) is 23.7 Å². The lowest BCUT2D eigenvalue weighted by Crippen LogP contribution is -2.42. The number of aromatic amines is 1. The van der Waals surface area contributed by atoms with E-state index in [1.54, 1.807) is 13.0 Å². The Hall–Kier alpha value is -2.65. The summed E-state index contributed by atoms with van der Waals surface area (Å²) in [6.07, 6.45) is 4.19. The van der Waals surface area contributed by atoms with Crippen molar-refractivity contribution in [2.45, 2.75) is 83.8 Å². The molecule has 204 valence electrons. The summed E-state index contributed by atoms with van der Waals surface area (Å²) in [5.74, 6) is -0.437. The van der Waals surface area contributed by atoms with Crippen LogP contribution in [0, 0.1) is 20.8 Å². The van der Waals surface area contributed by atoms with Crippen LogP contribution >= 0.6 is 0 Å². The normalized spacial score (nSPS) is 18.2. The highest BCUT2D eigenvalue weighted by atomic mass is 32.2. The number of hydrogen-bond donors (Lipinski definition) is 2. The summed E-state index contributed by atoms with van der Waals surface area (Å²) in [5, 5.41) is 2.86. The van der Waals surface area contributed by atoms with Crippen molar-refractivity contribution in [1.29, 1.82) is 0 Å². The molecule has 0 aliphatic heterocycles. The van der Waals surface area contributed by atoms with E-state index in [-0.39, 0.29) is 28.8 Å². The van der Waals surface area contributed by atoms with Crippen LogP contribution in [0.4, 0.5) is 5.69 Å². The lowest BCUT2D eigenvalue weighted by molar-refractivity contribution is 0.0950. The van der Waals surface area contributed by atoms with Crippen molar-refractivity contribution in [1.82, 2.24) is 15.2 Å². The van der Waals surface area contributed by atoms with Gasteiger partial charge in [-0.2, -0.15) is 0 Å². The highest BCUT2D eigenvalue weighted by Gasteiger charge is 2.29. The third-order valence-corrected chi connectivity index (χ3v) is 9.46. The molecule has 0 saturated heterocycles. The standard InChI is InChI=1S/C28H42N4O4S/c1-8-32(22-12-10-21(11-13-22)31(6)7)26-16-23(37(35,36)9-2)15-24(20(26)5)27(33)29-17-25-18(3)14-19(4)30-28(25)34/h14-16,21-22H,8-13,17H2,1-7H3,(H,29,33)(H,30,34). The van der Waals surface area contributed by atoms with Crippen molar-refractivity contribution in [3.05, 3.63) is 56.5 Å². The zero-order valence-corrected chi connectivity index (χ0v) is 24.1. The predicted molar refractivity (Wildman–Crippen MR) is 149 cm³/mol. The van der Waals surface area contributed by atoms with E-state index in [0.717, 1.165) is 48.2 Å². The van der Waals surface area contributed by atoms with E-state index in [9.17, 15) is 18.0 Å². The molecule has 1 amide bonds. The molecular formula is C28H42N4O4S. The summed E-state index contributed by atoms with van der Waals surface area (Å²) in [5.41, 5.74) is 3.68. The third kappa shape index (κ3) is 6.44. The second-order valence-corrected chi connectivity index (χ2v) is 12.6. The molecule has 1 aromatic heterocycles. The molecule has 0 radical (unpaired) electrons. The molecule has 1 heterocycles. The topological polar surface area (TPSA) is 103 Å². The summed E-state index contributed by atoms with van der Waals surface area (Å²) in [6, 6.07) is 5.92. The fourth-order valence-electron chi connectivity index (χ4n) is 5.43. The van der Waals surface area contributed by atoms with Crippen molar-refractivity contribution in [2.75, 3.05) is 31.3 Å². The minimum Gasteiger partial charge on any atom is -0.369 e. The molecule has 0 atom stereocenters. The lowest BCUT2D eigenvalue weighted by Gasteiger charge is -2.40. The first-order chi connectivity index (χ1) is 17.4. The van der Waals surface area contributed by atoms with Crippen molar-refractivity contribution in [3.8, 4) is 0 Å². The van der Waals surface area contributed by atoms with Crippen LogP contribution in [0.15, 0.2) is 27.9 Å². The number of carbonyl (C=O) groups excluding carboxylic acids is 1. The maximum Gasteiger partial charge on any atom is 0.253 e. The van der Waals surface area contributed by atoms with Gasteiger partial charge in [0.15, 0.2) is 9.84 Å². The number of carbonyl (C=O) groups is 1. The van der Waals surface area contributed by atoms with Crippen LogP contribution in [-0.4, -0.2) is 62.7 Å². The first-order valence-electron chi connectivity index (χ1n) is 13.2. The molecule has 0 bridgehead atoms. The maximum absolute atomic E-state index is 13.4. The smallest absolute Gasteiger partial charge is 0.253 e. The fraction of sp³-hybridized carbons (Fsp3) is 0.571. The van der Waals surface area contributed by atoms with Gasteiger partial charge in [-0.25, -0.2) is 8.42 Å². The van der Waals surface area contributed by atoms with Gasteiger partial charge in [0, 0.05) is 47.7 Å². The summed E-state index contributed by atoms with van der Waals surface area (Å²) >= 11 is 0. The van der Waals surface area contributed by atoms with Gasteiger partial charge in [-0.3, -0.25) is 9.59 Å². The number of rotatable bonds is 9. The molecule has 0 unspecified atom stereocenters. The predicted octanol–water partition coefficient (Wildman–Crippen LogP) is 3.72. The van der Waals surface area contributed by atoms with Crippen LogP contribution in [0.3, 0.4) is 0 Å². The molecule has 1 aliphatic carbocycles. The molecule has 37 heavy (non-hydrogen) atoms. The van der Waals surface area contributed by atoms with Crippen molar-refractivity contribution in [2.24, 2.45) is 0 Å². The molecule has 3 rings (SSSR count). The highest BCUT2D eigenvalue weighted by molar-refractivity contribution is 7.91. The molecule has 8 nitrogen and oxygen atoms in total. The number of benzene rings is 1. The number of nitrogens with zero attached hydrogens (tertiary/aromatic N) is 2. The number of hydrogen-bond acceptors (Lipinski definition) is 6. The minimum absolute atomic E-state index is 0.0471. The Morgan fingerprint density at radius 2 is 1.65 bits per heavy atom. The van der Waals surface area contributed by atoms with Gasteiger partial charge in [0.25, 0.3) is 11.5 Å². The van der Waals surface area contributed by atoms with Gasteiger partial charge in [-0.05, 0) is 96.8 Å².